The Labute approximate surface area is 162 Å². The van der Waals surface area contributed by atoms with Crippen molar-refractivity contribution in [2.75, 3.05) is 33.9 Å². The molecule has 5 nitrogen and oxygen atoms in total. The fourth-order valence-corrected chi connectivity index (χ4v) is 2.35. The van der Waals surface area contributed by atoms with Gasteiger partial charge >= 0.3 is 0 Å². The van der Waals surface area contributed by atoms with Crippen LogP contribution in [0.1, 0.15) is 26.0 Å². The number of rotatable bonds is 8. The molecule has 1 heterocycles. The Morgan fingerprint density at radius 2 is 2.13 bits per heavy atom. The predicted molar refractivity (Wildman–Crippen MR) is 109 cm³/mol. The molecule has 0 saturated carbocycles. The highest BCUT2D eigenvalue weighted by atomic mass is 127. The van der Waals surface area contributed by atoms with Gasteiger partial charge in [-0.2, -0.15) is 0 Å². The Hall–Kier alpha value is -0.470. The van der Waals surface area contributed by atoms with Gasteiger partial charge in [-0.1, -0.05) is 25.4 Å². The van der Waals surface area contributed by atoms with E-state index in [1.165, 1.54) is 0 Å². The molecular formula is C16H30ClIN4O. The molecule has 0 atom stereocenters. The van der Waals surface area contributed by atoms with Gasteiger partial charge in [-0.25, -0.2) is 0 Å². The van der Waals surface area contributed by atoms with Crippen LogP contribution < -0.4 is 5.32 Å². The van der Waals surface area contributed by atoms with Crippen molar-refractivity contribution in [1.29, 1.82) is 0 Å². The molecule has 7 heteroatoms. The molecule has 1 rings (SSSR count). The summed E-state index contributed by atoms with van der Waals surface area (Å²) in [5, 5.41) is 4.07. The van der Waals surface area contributed by atoms with Crippen LogP contribution in [0.4, 0.5) is 0 Å². The van der Waals surface area contributed by atoms with Crippen molar-refractivity contribution in [2.24, 2.45) is 18.0 Å². The number of aromatic nitrogens is 1. The fourth-order valence-electron chi connectivity index (χ4n) is 2.08. The zero-order valence-electron chi connectivity index (χ0n) is 14.8. The second kappa shape index (κ2) is 12.0. The van der Waals surface area contributed by atoms with Crippen LogP contribution in [0.3, 0.4) is 0 Å². The van der Waals surface area contributed by atoms with Crippen LogP contribution in [0.15, 0.2) is 17.3 Å². The molecule has 0 fully saturated rings. The SMILES string of the molecule is CN=C(NCCOCCC(C)C)N(C)Cc1cc(Cl)cn1C.I. The summed E-state index contributed by atoms with van der Waals surface area (Å²) in [6, 6.07) is 1.97. The molecule has 0 unspecified atom stereocenters. The molecule has 0 spiro atoms. The van der Waals surface area contributed by atoms with Crippen LogP contribution >= 0.6 is 35.6 Å². The van der Waals surface area contributed by atoms with E-state index in [1.807, 2.05) is 30.9 Å². The summed E-state index contributed by atoms with van der Waals surface area (Å²) in [5.74, 6) is 1.54. The zero-order chi connectivity index (χ0) is 16.5. The van der Waals surface area contributed by atoms with Crippen LogP contribution in [-0.4, -0.2) is 49.3 Å². The van der Waals surface area contributed by atoms with Gasteiger partial charge in [0.1, 0.15) is 0 Å². The van der Waals surface area contributed by atoms with Crippen LogP contribution in [0.2, 0.25) is 5.02 Å². The lowest BCUT2D eigenvalue weighted by Crippen LogP contribution is -2.40. The minimum Gasteiger partial charge on any atom is -0.380 e. The molecule has 23 heavy (non-hydrogen) atoms. The van der Waals surface area contributed by atoms with E-state index in [0.29, 0.717) is 12.5 Å². The number of hydrogen-bond acceptors (Lipinski definition) is 2. The lowest BCUT2D eigenvalue weighted by atomic mass is 10.1. The number of nitrogens with zero attached hydrogens (tertiary/aromatic N) is 3. The van der Waals surface area contributed by atoms with Gasteiger partial charge in [0.05, 0.1) is 18.2 Å². The van der Waals surface area contributed by atoms with E-state index in [-0.39, 0.29) is 24.0 Å². The quantitative estimate of drug-likeness (QED) is 0.282. The smallest absolute Gasteiger partial charge is 0.193 e. The first kappa shape index (κ1) is 22.5. The molecule has 1 N–H and O–H groups in total. The van der Waals surface area contributed by atoms with Crippen molar-refractivity contribution in [3.63, 3.8) is 0 Å². The monoisotopic (exact) mass is 456 g/mol. The molecule has 134 valence electrons. The maximum absolute atomic E-state index is 6.02. The molecule has 0 bridgehead atoms. The van der Waals surface area contributed by atoms with E-state index in [1.54, 1.807) is 7.05 Å². The van der Waals surface area contributed by atoms with E-state index in [0.717, 1.165) is 42.8 Å². The summed E-state index contributed by atoms with van der Waals surface area (Å²) < 4.78 is 7.63. The highest BCUT2D eigenvalue weighted by Crippen LogP contribution is 2.14. The van der Waals surface area contributed by atoms with Gasteiger partial charge in [0.15, 0.2) is 5.96 Å². The Morgan fingerprint density at radius 1 is 1.43 bits per heavy atom. The second-order valence-electron chi connectivity index (χ2n) is 5.89. The number of ether oxygens (including phenoxy) is 1. The van der Waals surface area contributed by atoms with E-state index in [4.69, 9.17) is 16.3 Å². The average molecular weight is 457 g/mol. The first-order valence-electron chi connectivity index (χ1n) is 7.74. The first-order chi connectivity index (χ1) is 10.4. The van der Waals surface area contributed by atoms with Crippen LogP contribution in [0.5, 0.6) is 0 Å². The number of hydrogen-bond donors (Lipinski definition) is 1. The average Bonchev–Trinajstić information content (AvgIpc) is 2.75. The summed E-state index contributed by atoms with van der Waals surface area (Å²) in [5.41, 5.74) is 1.14. The molecule has 0 saturated heterocycles. The molecule has 1 aromatic heterocycles. The molecule has 0 radical (unpaired) electrons. The molecule has 0 aliphatic heterocycles. The Morgan fingerprint density at radius 3 is 2.65 bits per heavy atom. The maximum atomic E-state index is 6.02. The highest BCUT2D eigenvalue weighted by Gasteiger charge is 2.09. The van der Waals surface area contributed by atoms with Gasteiger partial charge in [-0.05, 0) is 18.4 Å². The van der Waals surface area contributed by atoms with Crippen molar-refractivity contribution >= 4 is 41.5 Å². The van der Waals surface area contributed by atoms with E-state index in [2.05, 4.69) is 29.1 Å². The first-order valence-corrected chi connectivity index (χ1v) is 8.12. The van der Waals surface area contributed by atoms with Crippen molar-refractivity contribution < 1.29 is 4.74 Å². The third-order valence-corrected chi connectivity index (χ3v) is 3.62. The van der Waals surface area contributed by atoms with Gasteiger partial charge < -0.3 is 19.5 Å². The molecule has 0 aliphatic carbocycles. The van der Waals surface area contributed by atoms with Gasteiger partial charge in [0.25, 0.3) is 0 Å². The van der Waals surface area contributed by atoms with Gasteiger partial charge in [-0.15, -0.1) is 24.0 Å². The Bertz CT molecular complexity index is 477. The zero-order valence-corrected chi connectivity index (χ0v) is 17.9. The van der Waals surface area contributed by atoms with Crippen molar-refractivity contribution in [1.82, 2.24) is 14.8 Å². The fraction of sp³-hybridized carbons (Fsp3) is 0.688. The van der Waals surface area contributed by atoms with Crippen LogP contribution in [0.25, 0.3) is 0 Å². The highest BCUT2D eigenvalue weighted by molar-refractivity contribution is 14.0. The van der Waals surface area contributed by atoms with Gasteiger partial charge in [-0.3, -0.25) is 4.99 Å². The largest absolute Gasteiger partial charge is 0.380 e. The number of halogens is 2. The minimum absolute atomic E-state index is 0. The molecule has 0 aromatic carbocycles. The maximum Gasteiger partial charge on any atom is 0.193 e. The Kier molecular flexibility index (Phi) is 11.7. The lowest BCUT2D eigenvalue weighted by Gasteiger charge is -2.22. The van der Waals surface area contributed by atoms with E-state index >= 15 is 0 Å². The van der Waals surface area contributed by atoms with E-state index in [9.17, 15) is 0 Å². The van der Waals surface area contributed by atoms with Gasteiger partial charge in [0, 0.05) is 46.2 Å². The predicted octanol–water partition coefficient (Wildman–Crippen LogP) is 3.37. The minimum atomic E-state index is 0. The third-order valence-electron chi connectivity index (χ3n) is 3.42. The summed E-state index contributed by atoms with van der Waals surface area (Å²) in [6.45, 7) is 7.41. The summed E-state index contributed by atoms with van der Waals surface area (Å²) >= 11 is 6.02. The van der Waals surface area contributed by atoms with E-state index < -0.39 is 0 Å². The summed E-state index contributed by atoms with van der Waals surface area (Å²) in [4.78, 5) is 6.37. The number of guanidine groups is 1. The summed E-state index contributed by atoms with van der Waals surface area (Å²) in [6.07, 6.45) is 3.01. The second-order valence-corrected chi connectivity index (χ2v) is 6.32. The molecule has 0 amide bonds. The number of aryl methyl sites for hydroxylation is 1. The molecule has 0 aliphatic rings. The number of aliphatic imine (C=N–C) groups is 1. The normalized spacial score (nSPS) is 11.5. The molecular weight excluding hydrogens is 427 g/mol. The molecule has 1 aromatic rings. The van der Waals surface area contributed by atoms with Crippen molar-refractivity contribution in [2.45, 2.75) is 26.8 Å². The topological polar surface area (TPSA) is 41.8 Å². The standard InChI is InChI=1S/C16H29ClN4O.HI/c1-13(2)6-8-22-9-7-19-16(18-3)21(5)12-15-10-14(17)11-20(15)4;/h10-11,13H,6-9,12H2,1-5H3,(H,18,19);1H. The summed E-state index contributed by atoms with van der Waals surface area (Å²) in [7, 11) is 5.79. The number of nitrogens with one attached hydrogen (secondary N) is 1. The lowest BCUT2D eigenvalue weighted by molar-refractivity contribution is 0.127. The third kappa shape index (κ3) is 8.81. The van der Waals surface area contributed by atoms with Gasteiger partial charge in [0.2, 0.25) is 0 Å². The van der Waals surface area contributed by atoms with Crippen LogP contribution in [0, 0.1) is 5.92 Å². The van der Waals surface area contributed by atoms with Crippen molar-refractivity contribution in [3.8, 4) is 0 Å². The van der Waals surface area contributed by atoms with Crippen molar-refractivity contribution in [3.05, 3.63) is 23.0 Å². The van der Waals surface area contributed by atoms with Crippen LogP contribution in [-0.2, 0) is 18.3 Å². The Balaban J connectivity index is 0.00000484.